The van der Waals surface area contributed by atoms with E-state index in [1.54, 1.807) is 0 Å². The first-order valence-electron chi connectivity index (χ1n) is 3.52. The second kappa shape index (κ2) is 2.25. The van der Waals surface area contributed by atoms with Gasteiger partial charge in [0.1, 0.15) is 0 Å². The highest BCUT2D eigenvalue weighted by atomic mass is 16.5. The van der Waals surface area contributed by atoms with Gasteiger partial charge in [0, 0.05) is 19.6 Å². The molecule has 0 radical (unpaired) electrons. The molecule has 2 atom stereocenters. The molecule has 2 saturated heterocycles. The van der Waals surface area contributed by atoms with Crippen molar-refractivity contribution in [2.24, 2.45) is 0 Å². The number of ether oxygens (including phenoxy) is 1. The Balaban J connectivity index is 1.90. The molecule has 2 aliphatic rings. The summed E-state index contributed by atoms with van der Waals surface area (Å²) in [6.45, 7) is 4.10. The lowest BCUT2D eigenvalue weighted by atomic mass is 10.1. The van der Waals surface area contributed by atoms with E-state index in [9.17, 15) is 0 Å². The zero-order valence-electron chi connectivity index (χ0n) is 5.39. The predicted molar refractivity (Wildman–Crippen MR) is 34.4 cm³/mol. The Morgan fingerprint density at radius 1 is 1.33 bits per heavy atom. The average molecular weight is 128 g/mol. The average Bonchev–Trinajstić information content (AvgIpc) is 1.94. The molecule has 0 aromatic heterocycles. The minimum absolute atomic E-state index is 0.451. The fourth-order valence-electron chi connectivity index (χ4n) is 1.31. The highest BCUT2D eigenvalue weighted by Crippen LogP contribution is 2.12. The van der Waals surface area contributed by atoms with Crippen LogP contribution in [-0.4, -0.2) is 38.4 Å². The molecule has 52 valence electrons. The van der Waals surface area contributed by atoms with E-state index < -0.39 is 0 Å². The van der Waals surface area contributed by atoms with Gasteiger partial charge >= 0.3 is 0 Å². The van der Waals surface area contributed by atoms with Crippen molar-refractivity contribution >= 4 is 0 Å². The number of hydrogen-bond acceptors (Lipinski definition) is 3. The van der Waals surface area contributed by atoms with Crippen molar-refractivity contribution in [2.75, 3.05) is 26.2 Å². The Morgan fingerprint density at radius 2 is 2.33 bits per heavy atom. The second-order valence-corrected chi connectivity index (χ2v) is 2.64. The largest absolute Gasteiger partial charge is 0.373 e. The van der Waals surface area contributed by atoms with Crippen LogP contribution in [0.3, 0.4) is 0 Å². The van der Waals surface area contributed by atoms with Gasteiger partial charge in [0.05, 0.1) is 18.8 Å². The summed E-state index contributed by atoms with van der Waals surface area (Å²) in [4.78, 5) is 0. The molecule has 2 rings (SSSR count). The van der Waals surface area contributed by atoms with E-state index in [0.29, 0.717) is 12.1 Å². The molecule has 0 bridgehead atoms. The molecule has 3 nitrogen and oxygen atoms in total. The lowest BCUT2D eigenvalue weighted by Gasteiger charge is -2.35. The smallest absolute Gasteiger partial charge is 0.0875 e. The van der Waals surface area contributed by atoms with Gasteiger partial charge in [-0.3, -0.25) is 0 Å². The van der Waals surface area contributed by atoms with Gasteiger partial charge in [0.15, 0.2) is 0 Å². The standard InChI is InChI=1S/C6H12N2O/c1-2-8-5-4-9-6(5)3-7-1/h5-8H,1-4H2. The summed E-state index contributed by atoms with van der Waals surface area (Å²) in [7, 11) is 0. The van der Waals surface area contributed by atoms with Crippen molar-refractivity contribution in [1.82, 2.24) is 10.6 Å². The Hall–Kier alpha value is -0.120. The fraction of sp³-hybridized carbons (Fsp3) is 1.00. The van der Waals surface area contributed by atoms with E-state index in [-0.39, 0.29) is 0 Å². The molecule has 2 N–H and O–H groups in total. The van der Waals surface area contributed by atoms with Crippen LogP contribution in [0.4, 0.5) is 0 Å². The molecule has 2 heterocycles. The van der Waals surface area contributed by atoms with Gasteiger partial charge in [-0.15, -0.1) is 0 Å². The third-order valence-electron chi connectivity index (χ3n) is 1.99. The Kier molecular flexibility index (Phi) is 1.41. The molecule has 0 aromatic carbocycles. The number of hydrogen-bond donors (Lipinski definition) is 2. The SMILES string of the molecule is C1CNC2COC2CN1. The van der Waals surface area contributed by atoms with E-state index in [1.165, 1.54) is 0 Å². The van der Waals surface area contributed by atoms with Gasteiger partial charge in [0.25, 0.3) is 0 Å². The normalized spacial score (nSPS) is 42.7. The molecule has 2 aliphatic heterocycles. The van der Waals surface area contributed by atoms with Crippen molar-refractivity contribution in [3.8, 4) is 0 Å². The first kappa shape index (κ1) is 5.65. The summed E-state index contributed by atoms with van der Waals surface area (Å²) < 4.78 is 5.29. The van der Waals surface area contributed by atoms with Gasteiger partial charge in [-0.2, -0.15) is 0 Å². The highest BCUT2D eigenvalue weighted by Gasteiger charge is 2.32. The molecular weight excluding hydrogens is 116 g/mol. The fourth-order valence-corrected chi connectivity index (χ4v) is 1.31. The van der Waals surface area contributed by atoms with Crippen LogP contribution < -0.4 is 10.6 Å². The second-order valence-electron chi connectivity index (χ2n) is 2.64. The summed E-state index contributed by atoms with van der Waals surface area (Å²) in [5.41, 5.74) is 0. The number of fused-ring (bicyclic) bond motifs is 1. The lowest BCUT2D eigenvalue weighted by molar-refractivity contribution is -0.0784. The third kappa shape index (κ3) is 0.956. The summed E-state index contributed by atoms with van der Waals surface area (Å²) in [6, 6.07) is 0.639. The topological polar surface area (TPSA) is 33.3 Å². The van der Waals surface area contributed by atoms with Crippen LogP contribution in [0.15, 0.2) is 0 Å². The first-order chi connectivity index (χ1) is 4.47. The third-order valence-corrected chi connectivity index (χ3v) is 1.99. The van der Waals surface area contributed by atoms with Crippen LogP contribution in [0.5, 0.6) is 0 Å². The highest BCUT2D eigenvalue weighted by molar-refractivity contribution is 4.88. The zero-order valence-corrected chi connectivity index (χ0v) is 5.39. The molecule has 0 amide bonds. The van der Waals surface area contributed by atoms with Crippen molar-refractivity contribution < 1.29 is 4.74 Å². The molecule has 0 saturated carbocycles. The van der Waals surface area contributed by atoms with Crippen LogP contribution in [0.2, 0.25) is 0 Å². The minimum Gasteiger partial charge on any atom is -0.373 e. The predicted octanol–water partition coefficient (Wildman–Crippen LogP) is -1.05. The molecular formula is C6H12N2O. The maximum Gasteiger partial charge on any atom is 0.0875 e. The van der Waals surface area contributed by atoms with Crippen LogP contribution in [-0.2, 0) is 4.74 Å². The monoisotopic (exact) mass is 128 g/mol. The van der Waals surface area contributed by atoms with Crippen molar-refractivity contribution in [3.63, 3.8) is 0 Å². The van der Waals surface area contributed by atoms with Gasteiger partial charge < -0.3 is 15.4 Å². The van der Waals surface area contributed by atoms with Crippen molar-refractivity contribution in [1.29, 1.82) is 0 Å². The molecule has 9 heavy (non-hydrogen) atoms. The Labute approximate surface area is 54.8 Å². The number of nitrogens with one attached hydrogen (secondary N) is 2. The molecule has 0 aliphatic carbocycles. The van der Waals surface area contributed by atoms with Gasteiger partial charge in [-0.25, -0.2) is 0 Å². The summed E-state index contributed by atoms with van der Waals surface area (Å²) in [6.07, 6.45) is 0.451. The van der Waals surface area contributed by atoms with E-state index in [0.717, 1.165) is 26.2 Å². The summed E-state index contributed by atoms with van der Waals surface area (Å²) >= 11 is 0. The van der Waals surface area contributed by atoms with Gasteiger partial charge in [0.2, 0.25) is 0 Å². The van der Waals surface area contributed by atoms with Crippen LogP contribution in [0.1, 0.15) is 0 Å². The summed E-state index contributed by atoms with van der Waals surface area (Å²) in [5, 5.41) is 6.68. The van der Waals surface area contributed by atoms with Crippen molar-refractivity contribution in [3.05, 3.63) is 0 Å². The van der Waals surface area contributed by atoms with Crippen LogP contribution in [0.25, 0.3) is 0 Å². The van der Waals surface area contributed by atoms with E-state index in [1.807, 2.05) is 0 Å². The quantitative estimate of drug-likeness (QED) is 0.436. The molecule has 2 fully saturated rings. The van der Waals surface area contributed by atoms with E-state index >= 15 is 0 Å². The molecule has 3 heteroatoms. The Morgan fingerprint density at radius 3 is 3.11 bits per heavy atom. The minimum atomic E-state index is 0.451. The van der Waals surface area contributed by atoms with Crippen LogP contribution >= 0.6 is 0 Å². The molecule has 0 spiro atoms. The maximum atomic E-state index is 5.29. The zero-order chi connectivity index (χ0) is 6.10. The molecule has 2 unspecified atom stereocenters. The molecule has 0 aromatic rings. The van der Waals surface area contributed by atoms with E-state index in [2.05, 4.69) is 10.6 Å². The van der Waals surface area contributed by atoms with Gasteiger partial charge in [-0.1, -0.05) is 0 Å². The number of rotatable bonds is 0. The van der Waals surface area contributed by atoms with Crippen LogP contribution in [0, 0.1) is 0 Å². The lowest BCUT2D eigenvalue weighted by Crippen LogP contribution is -2.55. The van der Waals surface area contributed by atoms with Gasteiger partial charge in [-0.05, 0) is 0 Å². The summed E-state index contributed by atoms with van der Waals surface area (Å²) in [5.74, 6) is 0. The Bertz CT molecular complexity index is 95.2. The van der Waals surface area contributed by atoms with Crippen molar-refractivity contribution in [2.45, 2.75) is 12.1 Å². The maximum absolute atomic E-state index is 5.29. The first-order valence-corrected chi connectivity index (χ1v) is 3.52. The van der Waals surface area contributed by atoms with E-state index in [4.69, 9.17) is 4.74 Å².